The standard InChI is InChI=1S/C18H27N3O3Si2/c1-25(2,3)9-7-14-11-19-17-16(20-14)15(18(22)23)12-21(17)13-24-8-10-26(4,5)6/h11-12H,8,10,13H2,1-6H3,(H,22,23). The van der Waals surface area contributed by atoms with Gasteiger partial charge in [-0.15, -0.1) is 5.54 Å². The zero-order valence-electron chi connectivity index (χ0n) is 16.4. The lowest BCUT2D eigenvalue weighted by Gasteiger charge is -2.15. The van der Waals surface area contributed by atoms with Crippen LogP contribution in [0.5, 0.6) is 0 Å². The average Bonchev–Trinajstić information content (AvgIpc) is 2.86. The number of fused-ring (bicyclic) bond motifs is 1. The molecule has 0 unspecified atom stereocenters. The first-order valence-corrected chi connectivity index (χ1v) is 15.9. The topological polar surface area (TPSA) is 77.2 Å². The van der Waals surface area contributed by atoms with E-state index >= 15 is 0 Å². The molecule has 0 atom stereocenters. The summed E-state index contributed by atoms with van der Waals surface area (Å²) in [6, 6.07) is 1.06. The number of aromatic nitrogens is 3. The number of carbonyl (C=O) groups is 1. The summed E-state index contributed by atoms with van der Waals surface area (Å²) in [7, 11) is -2.70. The molecule has 0 spiro atoms. The van der Waals surface area contributed by atoms with Crippen molar-refractivity contribution in [1.29, 1.82) is 0 Å². The van der Waals surface area contributed by atoms with Gasteiger partial charge in [-0.1, -0.05) is 45.2 Å². The van der Waals surface area contributed by atoms with Gasteiger partial charge in [-0.25, -0.2) is 14.8 Å². The van der Waals surface area contributed by atoms with Crippen LogP contribution in [0.15, 0.2) is 12.4 Å². The second-order valence-electron chi connectivity index (χ2n) is 8.59. The van der Waals surface area contributed by atoms with Gasteiger partial charge in [0, 0.05) is 20.9 Å². The number of carboxylic acid groups (broad SMARTS) is 1. The minimum atomic E-state index is -1.54. The largest absolute Gasteiger partial charge is 0.478 e. The Morgan fingerprint density at radius 2 is 1.96 bits per heavy atom. The summed E-state index contributed by atoms with van der Waals surface area (Å²) in [5.41, 5.74) is 4.71. The molecule has 0 fully saturated rings. The zero-order valence-corrected chi connectivity index (χ0v) is 18.4. The molecule has 0 aliphatic rings. The Morgan fingerprint density at radius 3 is 2.54 bits per heavy atom. The molecule has 0 radical (unpaired) electrons. The molecule has 1 N–H and O–H groups in total. The van der Waals surface area contributed by atoms with Crippen molar-refractivity contribution < 1.29 is 14.6 Å². The summed E-state index contributed by atoms with van der Waals surface area (Å²) in [5, 5.41) is 9.48. The Kier molecular flexibility index (Phi) is 6.06. The molecular weight excluding hydrogens is 362 g/mol. The average molecular weight is 390 g/mol. The van der Waals surface area contributed by atoms with Gasteiger partial charge < -0.3 is 14.4 Å². The predicted molar refractivity (Wildman–Crippen MR) is 109 cm³/mol. The van der Waals surface area contributed by atoms with E-state index in [9.17, 15) is 9.90 Å². The molecule has 0 saturated heterocycles. The van der Waals surface area contributed by atoms with Gasteiger partial charge in [0.1, 0.15) is 31.6 Å². The van der Waals surface area contributed by atoms with Crippen LogP contribution < -0.4 is 0 Å². The van der Waals surface area contributed by atoms with E-state index in [1.807, 2.05) is 0 Å². The van der Waals surface area contributed by atoms with Crippen molar-refractivity contribution in [2.24, 2.45) is 0 Å². The quantitative estimate of drug-likeness (QED) is 0.463. The van der Waals surface area contributed by atoms with Crippen molar-refractivity contribution in [3.05, 3.63) is 23.7 Å². The molecule has 2 heterocycles. The van der Waals surface area contributed by atoms with E-state index in [0.29, 0.717) is 23.5 Å². The molecule has 0 amide bonds. The lowest BCUT2D eigenvalue weighted by Crippen LogP contribution is -2.22. The highest BCUT2D eigenvalue weighted by Gasteiger charge is 2.18. The van der Waals surface area contributed by atoms with Crippen LogP contribution in [0.25, 0.3) is 11.2 Å². The van der Waals surface area contributed by atoms with Gasteiger partial charge in [0.15, 0.2) is 5.65 Å². The molecule has 2 rings (SSSR count). The number of carboxylic acids is 1. The normalized spacial score (nSPS) is 12.1. The van der Waals surface area contributed by atoms with Crippen molar-refractivity contribution in [3.8, 4) is 11.5 Å². The van der Waals surface area contributed by atoms with E-state index in [2.05, 4.69) is 60.7 Å². The fraction of sp³-hybridized carbons (Fsp3) is 0.500. The van der Waals surface area contributed by atoms with Crippen molar-refractivity contribution in [2.45, 2.75) is 52.1 Å². The lowest BCUT2D eigenvalue weighted by atomic mass is 10.3. The molecule has 140 valence electrons. The molecule has 0 saturated carbocycles. The summed E-state index contributed by atoms with van der Waals surface area (Å²) in [6.07, 6.45) is 3.14. The van der Waals surface area contributed by atoms with Crippen LogP contribution >= 0.6 is 0 Å². The van der Waals surface area contributed by atoms with Gasteiger partial charge in [0.05, 0.1) is 6.20 Å². The Hall–Kier alpha value is -1.96. The number of nitrogens with zero attached hydrogens (tertiary/aromatic N) is 3. The molecule has 0 aromatic carbocycles. The minimum absolute atomic E-state index is 0.123. The third-order valence-corrected chi connectivity index (χ3v) is 6.17. The van der Waals surface area contributed by atoms with E-state index in [1.54, 1.807) is 10.8 Å². The third kappa shape index (κ3) is 5.79. The van der Waals surface area contributed by atoms with Gasteiger partial charge in [-0.3, -0.25) is 0 Å². The summed E-state index contributed by atoms with van der Waals surface area (Å²) in [4.78, 5) is 20.4. The molecule has 26 heavy (non-hydrogen) atoms. The van der Waals surface area contributed by atoms with Crippen LogP contribution in [0, 0.1) is 11.5 Å². The van der Waals surface area contributed by atoms with Gasteiger partial charge in [-0.05, 0) is 6.04 Å². The van der Waals surface area contributed by atoms with Gasteiger partial charge in [0.2, 0.25) is 0 Å². The smallest absolute Gasteiger partial charge is 0.339 e. The Morgan fingerprint density at radius 1 is 1.27 bits per heavy atom. The van der Waals surface area contributed by atoms with Crippen molar-refractivity contribution in [1.82, 2.24) is 14.5 Å². The van der Waals surface area contributed by atoms with Crippen LogP contribution in [0.1, 0.15) is 16.1 Å². The molecule has 0 aliphatic heterocycles. The lowest BCUT2D eigenvalue weighted by molar-refractivity contribution is 0.0696. The Balaban J connectivity index is 2.29. The van der Waals surface area contributed by atoms with Gasteiger partial charge in [0.25, 0.3) is 0 Å². The summed E-state index contributed by atoms with van der Waals surface area (Å²) >= 11 is 0. The van der Waals surface area contributed by atoms with E-state index < -0.39 is 22.1 Å². The van der Waals surface area contributed by atoms with Crippen LogP contribution in [0.3, 0.4) is 0 Å². The molecule has 8 heteroatoms. The molecule has 2 aromatic heterocycles. The number of rotatable bonds is 6. The van der Waals surface area contributed by atoms with Crippen molar-refractivity contribution in [3.63, 3.8) is 0 Å². The van der Waals surface area contributed by atoms with Gasteiger partial charge >= 0.3 is 5.97 Å². The maximum absolute atomic E-state index is 11.6. The molecule has 0 aliphatic carbocycles. The van der Waals surface area contributed by atoms with Crippen molar-refractivity contribution in [2.75, 3.05) is 6.61 Å². The van der Waals surface area contributed by atoms with Crippen LogP contribution in [0.4, 0.5) is 0 Å². The fourth-order valence-electron chi connectivity index (χ4n) is 2.16. The van der Waals surface area contributed by atoms with Crippen LogP contribution in [-0.4, -0.2) is 48.4 Å². The van der Waals surface area contributed by atoms with E-state index in [1.165, 1.54) is 6.20 Å². The minimum Gasteiger partial charge on any atom is -0.478 e. The SMILES string of the molecule is C[Si](C)(C)C#Cc1cnc2c(n1)c(C(=O)O)cn2COCC[Si](C)(C)C. The maximum atomic E-state index is 11.6. The second-order valence-corrected chi connectivity index (χ2v) is 19.0. The van der Waals surface area contributed by atoms with E-state index in [0.717, 1.165) is 6.04 Å². The zero-order chi connectivity index (χ0) is 19.5. The van der Waals surface area contributed by atoms with E-state index in [4.69, 9.17) is 4.74 Å². The van der Waals surface area contributed by atoms with Crippen molar-refractivity contribution >= 4 is 33.3 Å². The predicted octanol–water partition coefficient (Wildman–Crippen LogP) is 3.67. The number of hydrogen-bond acceptors (Lipinski definition) is 4. The first-order valence-electron chi connectivity index (χ1n) is 8.66. The highest BCUT2D eigenvalue weighted by Crippen LogP contribution is 2.18. The molecular formula is C18H27N3O3Si2. The van der Waals surface area contributed by atoms with Gasteiger partial charge in [-0.2, -0.15) is 0 Å². The summed E-state index contributed by atoms with van der Waals surface area (Å²) < 4.78 is 7.43. The second kappa shape index (κ2) is 7.74. The Bertz CT molecular complexity index is 868. The summed E-state index contributed by atoms with van der Waals surface area (Å²) in [5.74, 6) is 2.00. The Labute approximate surface area is 156 Å². The monoisotopic (exact) mass is 389 g/mol. The van der Waals surface area contributed by atoms with E-state index in [-0.39, 0.29) is 12.3 Å². The first kappa shape index (κ1) is 20.4. The molecule has 6 nitrogen and oxygen atoms in total. The molecule has 0 bridgehead atoms. The highest BCUT2D eigenvalue weighted by atomic mass is 28.3. The molecule has 2 aromatic rings. The third-order valence-electron chi connectivity index (χ3n) is 3.59. The maximum Gasteiger partial charge on any atom is 0.339 e. The number of aromatic carboxylic acids is 1. The number of ether oxygens (including phenoxy) is 1. The highest BCUT2D eigenvalue weighted by molar-refractivity contribution is 6.83. The van der Waals surface area contributed by atoms with Crippen LogP contribution in [0.2, 0.25) is 45.3 Å². The number of hydrogen-bond donors (Lipinski definition) is 1. The fourth-order valence-corrected chi connectivity index (χ4v) is 3.42. The summed E-state index contributed by atoms with van der Waals surface area (Å²) in [6.45, 7) is 14.2. The first-order chi connectivity index (χ1) is 12.0. The van der Waals surface area contributed by atoms with Crippen LogP contribution in [-0.2, 0) is 11.5 Å².